The summed E-state index contributed by atoms with van der Waals surface area (Å²) in [7, 11) is 0. The number of aliphatic hydroxyl groups excluding tert-OH is 1. The van der Waals surface area contributed by atoms with Gasteiger partial charge in [0.1, 0.15) is 52.5 Å². The standard InChI is InChI=1S/C64H75F3N10O7S/c1-6-46-49(65)18-15-38-27-43(78)29-47(52(38)46)55-53(66)56-48(32-68-55)58(76-33-41-16-17-42(34-76)71-41)74-62(72-56)84-45-19-24-75(25-20-45)23-11-9-7-8-10-12-26-83-51-28-39(54-37(2)85-36-70-54)13-14-40(51)31-69-59(80)50-30-44(79)35-77(50)60(81)57(63(3,4)5)73-61(82)64(67)21-22-64/h1,13-15,18,27-29,32,36,41-42,44-45,50,57,71,78-79H,7-12,16-17,19-26,30-31,33-35H2,2-5H3,(H,69,80)(H,73,82)/t41?,42?,44-,50+,57?/m1/s1. The molecule has 17 nitrogen and oxygen atoms in total. The number of aliphatic hydroxyl groups is 1. The molecule has 5 N–H and O–H groups in total. The van der Waals surface area contributed by atoms with Crippen molar-refractivity contribution in [2.24, 2.45) is 5.41 Å². The number of phenolic OH excluding ortho intramolecular Hbond substituents is 1. The lowest BCUT2D eigenvalue weighted by molar-refractivity contribution is -0.145. The van der Waals surface area contributed by atoms with E-state index in [1.165, 1.54) is 29.2 Å². The second-order valence-electron chi connectivity index (χ2n) is 24.8. The largest absolute Gasteiger partial charge is 0.508 e. The fourth-order valence-electron chi connectivity index (χ4n) is 12.5. The first-order valence-corrected chi connectivity index (χ1v) is 30.8. The fourth-order valence-corrected chi connectivity index (χ4v) is 13.1. The summed E-state index contributed by atoms with van der Waals surface area (Å²) in [5, 5.41) is 31.8. The van der Waals surface area contributed by atoms with E-state index >= 15 is 8.78 Å². The molecular formula is C64H75F3N10O7S. The molecule has 6 aromatic rings. The Morgan fingerprint density at radius 1 is 0.941 bits per heavy atom. The quantitative estimate of drug-likeness (QED) is 0.0337. The molecule has 3 amide bonds. The lowest BCUT2D eigenvalue weighted by Crippen LogP contribution is -2.59. The number of thiazole rings is 1. The third-order valence-electron chi connectivity index (χ3n) is 17.4. The number of hydrogen-bond donors (Lipinski definition) is 5. The zero-order valence-electron chi connectivity index (χ0n) is 48.7. The molecule has 4 saturated heterocycles. The Morgan fingerprint density at radius 2 is 1.68 bits per heavy atom. The molecule has 0 spiro atoms. The van der Waals surface area contributed by atoms with E-state index in [9.17, 15) is 29.0 Å². The third-order valence-corrected chi connectivity index (χ3v) is 18.2. The van der Waals surface area contributed by atoms with E-state index in [1.54, 1.807) is 43.8 Å². The highest BCUT2D eigenvalue weighted by atomic mass is 32.1. The summed E-state index contributed by atoms with van der Waals surface area (Å²) in [4.78, 5) is 66.4. The van der Waals surface area contributed by atoms with E-state index in [-0.39, 0.29) is 90.0 Å². The summed E-state index contributed by atoms with van der Waals surface area (Å²) in [5.74, 6) is 0.216. The Labute approximate surface area is 497 Å². The number of carbonyl (C=O) groups excluding carboxylic acids is 3. The number of phenols is 1. The van der Waals surface area contributed by atoms with Crippen LogP contribution in [0.25, 0.3) is 44.2 Å². The molecule has 5 atom stereocenters. The summed E-state index contributed by atoms with van der Waals surface area (Å²) in [5.41, 5.74) is 1.52. The predicted molar refractivity (Wildman–Crippen MR) is 320 cm³/mol. The molecule has 3 unspecified atom stereocenters. The molecule has 11 rings (SSSR count). The van der Waals surface area contributed by atoms with Crippen molar-refractivity contribution in [3.63, 3.8) is 0 Å². The van der Waals surface area contributed by atoms with E-state index in [0.29, 0.717) is 42.0 Å². The van der Waals surface area contributed by atoms with Crippen LogP contribution in [0.4, 0.5) is 19.0 Å². The third kappa shape index (κ3) is 13.2. The molecule has 0 radical (unpaired) electrons. The van der Waals surface area contributed by atoms with Crippen LogP contribution in [0.1, 0.15) is 120 Å². The summed E-state index contributed by atoms with van der Waals surface area (Å²) >= 11 is 1.55. The van der Waals surface area contributed by atoms with Crippen LogP contribution in [-0.2, 0) is 20.9 Å². The number of pyridine rings is 1. The maximum atomic E-state index is 17.1. The number of terminal acetylenes is 1. The summed E-state index contributed by atoms with van der Waals surface area (Å²) in [6, 6.07) is 9.88. The van der Waals surface area contributed by atoms with Crippen LogP contribution >= 0.6 is 11.3 Å². The number of aromatic nitrogens is 4. The predicted octanol–water partition coefficient (Wildman–Crippen LogP) is 9.06. The highest BCUT2D eigenvalue weighted by Gasteiger charge is 2.53. The van der Waals surface area contributed by atoms with E-state index in [1.807, 2.05) is 25.1 Å². The zero-order valence-corrected chi connectivity index (χ0v) is 49.5. The van der Waals surface area contributed by atoms with Crippen LogP contribution in [0.2, 0.25) is 0 Å². The number of amides is 3. The smallest absolute Gasteiger partial charge is 0.319 e. The van der Waals surface area contributed by atoms with Crippen molar-refractivity contribution in [3.05, 3.63) is 81.8 Å². The lowest BCUT2D eigenvalue weighted by atomic mass is 9.85. The first-order chi connectivity index (χ1) is 40.8. The number of likely N-dealkylation sites (tertiary alicyclic amines) is 2. The molecule has 4 aliphatic heterocycles. The van der Waals surface area contributed by atoms with Gasteiger partial charge in [0.2, 0.25) is 11.8 Å². The average molecular weight is 1190 g/mol. The minimum Gasteiger partial charge on any atom is -0.508 e. The number of alkyl halides is 1. The summed E-state index contributed by atoms with van der Waals surface area (Å²) in [6.07, 6.45) is 16.1. The number of piperazine rings is 1. The van der Waals surface area contributed by atoms with Gasteiger partial charge in [-0.25, -0.2) is 18.2 Å². The number of nitrogens with one attached hydrogen (secondary N) is 3. The second-order valence-corrected chi connectivity index (χ2v) is 25.8. The number of fused-ring (bicyclic) bond motifs is 4. The van der Waals surface area contributed by atoms with Gasteiger partial charge >= 0.3 is 6.01 Å². The Bertz CT molecular complexity index is 3510. The minimum atomic E-state index is -1.98. The number of hydrogen-bond acceptors (Lipinski definition) is 15. The summed E-state index contributed by atoms with van der Waals surface area (Å²) in [6.45, 7) is 11.8. The molecule has 1 saturated carbocycles. The molecule has 85 heavy (non-hydrogen) atoms. The number of ether oxygens (including phenoxy) is 2. The first-order valence-electron chi connectivity index (χ1n) is 29.9. The molecule has 2 bridgehead atoms. The van der Waals surface area contributed by atoms with Gasteiger partial charge in [-0.3, -0.25) is 19.4 Å². The number of carbonyl (C=O) groups is 3. The minimum absolute atomic E-state index is 0.0211. The zero-order chi connectivity index (χ0) is 59.7. The number of halogens is 3. The Kier molecular flexibility index (Phi) is 17.6. The molecule has 7 heterocycles. The van der Waals surface area contributed by atoms with Gasteiger partial charge in [-0.05, 0) is 99.9 Å². The number of anilines is 1. The van der Waals surface area contributed by atoms with Crippen LogP contribution in [-0.4, -0.2) is 146 Å². The number of aromatic hydroxyl groups is 1. The van der Waals surface area contributed by atoms with E-state index in [0.717, 1.165) is 106 Å². The Morgan fingerprint density at radius 3 is 2.39 bits per heavy atom. The number of unbranched alkanes of at least 4 members (excludes halogenated alkanes) is 5. The van der Waals surface area contributed by atoms with Crippen LogP contribution in [0.3, 0.4) is 0 Å². The van der Waals surface area contributed by atoms with Gasteiger partial charge in [0.05, 0.1) is 34.9 Å². The number of nitrogens with zero attached hydrogens (tertiary/aromatic N) is 7. The van der Waals surface area contributed by atoms with Crippen LogP contribution < -0.4 is 30.3 Å². The highest BCUT2D eigenvalue weighted by molar-refractivity contribution is 7.10. The van der Waals surface area contributed by atoms with Crippen molar-refractivity contribution in [1.29, 1.82) is 0 Å². The van der Waals surface area contributed by atoms with Gasteiger partial charge < -0.3 is 50.3 Å². The molecular weight excluding hydrogens is 1110 g/mol. The van der Waals surface area contributed by atoms with Crippen molar-refractivity contribution in [3.8, 4) is 52.4 Å². The SMILES string of the molecule is C#Cc1c(F)ccc2cc(O)cc(-c3ncc4c(N5CC6CCC(C5)N6)nc(OC5CCN(CCCCCCCCOc6cc(-c7ncsc7C)ccc6CNC(=O)[C@@H]6C[C@@H](O)CN6C(=O)C(NC(=O)C6(F)CC6)C(C)(C)C)CC5)nc4c3F)c12. The number of rotatable bonds is 21. The maximum Gasteiger partial charge on any atom is 0.319 e. The topological polar surface area (TPSA) is 208 Å². The van der Waals surface area contributed by atoms with Crippen molar-refractivity contribution < 1.29 is 47.2 Å². The van der Waals surface area contributed by atoms with Crippen molar-refractivity contribution in [2.45, 2.75) is 160 Å². The molecule has 1 aliphatic carbocycles. The Hall–Kier alpha value is -7.12. The van der Waals surface area contributed by atoms with E-state index in [2.05, 4.69) is 41.6 Å². The lowest BCUT2D eigenvalue weighted by Gasteiger charge is -2.35. The molecule has 450 valence electrons. The second kappa shape index (κ2) is 25.1. The molecule has 3 aromatic heterocycles. The van der Waals surface area contributed by atoms with Crippen LogP contribution in [0.15, 0.2) is 54.2 Å². The van der Waals surface area contributed by atoms with Crippen LogP contribution in [0.5, 0.6) is 17.5 Å². The van der Waals surface area contributed by atoms with Crippen molar-refractivity contribution in [1.82, 2.24) is 45.7 Å². The monoisotopic (exact) mass is 1180 g/mol. The van der Waals surface area contributed by atoms with Gasteiger partial charge in [0, 0.05) is 90.9 Å². The van der Waals surface area contributed by atoms with Gasteiger partial charge in [-0.15, -0.1) is 17.8 Å². The highest BCUT2D eigenvalue weighted by Crippen LogP contribution is 2.42. The van der Waals surface area contributed by atoms with Gasteiger partial charge in [0.15, 0.2) is 11.5 Å². The molecule has 5 aliphatic rings. The first kappa shape index (κ1) is 59.6. The molecule has 3 aromatic carbocycles. The van der Waals surface area contributed by atoms with Crippen molar-refractivity contribution in [2.75, 3.05) is 50.8 Å². The average Bonchev–Trinajstić information content (AvgIpc) is 2.80. The van der Waals surface area contributed by atoms with Gasteiger partial charge in [-0.1, -0.05) is 70.6 Å². The number of aryl methyl sites for hydroxylation is 1. The molecule has 21 heteroatoms. The van der Waals surface area contributed by atoms with E-state index < -0.39 is 58.6 Å². The normalized spacial score (nSPS) is 20.8. The Balaban J connectivity index is 0.660. The number of β-amino-alcohol motifs (C(OH)–C–C–N with tert-alkyl or cyclic N) is 1. The van der Waals surface area contributed by atoms with Crippen LogP contribution in [0, 0.1) is 36.3 Å². The fraction of sp³-hybridized carbons (Fsp3) is 0.516. The number of benzene rings is 3. The number of piperidine rings is 1. The van der Waals surface area contributed by atoms with E-state index in [4.69, 9.17) is 25.9 Å². The van der Waals surface area contributed by atoms with Crippen molar-refractivity contribution >= 4 is 56.6 Å². The summed E-state index contributed by atoms with van der Waals surface area (Å²) < 4.78 is 59.9. The maximum absolute atomic E-state index is 17.1. The van der Waals surface area contributed by atoms with Gasteiger partial charge in [-0.2, -0.15) is 9.97 Å². The molecule has 5 fully saturated rings. The van der Waals surface area contributed by atoms with Gasteiger partial charge in [0.25, 0.3) is 5.91 Å².